The van der Waals surface area contributed by atoms with Crippen LogP contribution in [0.15, 0.2) is 66.7 Å². The molecule has 0 aliphatic rings. The van der Waals surface area contributed by atoms with E-state index in [9.17, 15) is 9.59 Å². The van der Waals surface area contributed by atoms with Gasteiger partial charge in [0.2, 0.25) is 0 Å². The second-order valence-electron chi connectivity index (χ2n) is 6.06. The van der Waals surface area contributed by atoms with Crippen LogP contribution in [-0.4, -0.2) is 26.0 Å². The summed E-state index contributed by atoms with van der Waals surface area (Å²) in [6.07, 6.45) is 0. The summed E-state index contributed by atoms with van der Waals surface area (Å²) in [5.74, 6) is 0.492. The zero-order valence-corrected chi connectivity index (χ0v) is 16.6. The second-order valence-corrected chi connectivity index (χ2v) is 6.50. The highest BCUT2D eigenvalue weighted by atomic mass is 35.5. The molecule has 7 heteroatoms. The van der Waals surface area contributed by atoms with Gasteiger partial charge in [-0.25, -0.2) is 0 Å². The number of benzene rings is 3. The molecule has 148 valence electrons. The van der Waals surface area contributed by atoms with Gasteiger partial charge in [-0.2, -0.15) is 0 Å². The number of nitrogens with one attached hydrogen (secondary N) is 2. The van der Waals surface area contributed by atoms with Gasteiger partial charge in [0.05, 0.1) is 19.9 Å². The predicted octanol–water partition coefficient (Wildman–Crippen LogP) is 4.86. The molecule has 2 N–H and O–H groups in total. The number of rotatable bonds is 6. The first-order valence-electron chi connectivity index (χ1n) is 8.70. The molecule has 3 aromatic carbocycles. The quantitative estimate of drug-likeness (QED) is 0.608. The van der Waals surface area contributed by atoms with Crippen LogP contribution in [0.5, 0.6) is 11.5 Å². The Morgan fingerprint density at radius 1 is 0.793 bits per heavy atom. The minimum Gasteiger partial charge on any atom is -0.497 e. The zero-order chi connectivity index (χ0) is 20.8. The summed E-state index contributed by atoms with van der Waals surface area (Å²) in [7, 11) is 3.06. The van der Waals surface area contributed by atoms with Gasteiger partial charge in [0.15, 0.2) is 0 Å². The molecule has 0 saturated carbocycles. The number of ether oxygens (including phenoxy) is 2. The van der Waals surface area contributed by atoms with Gasteiger partial charge in [0.1, 0.15) is 11.5 Å². The number of amides is 2. The van der Waals surface area contributed by atoms with E-state index in [4.69, 9.17) is 21.1 Å². The van der Waals surface area contributed by atoms with Crippen LogP contribution in [0.25, 0.3) is 0 Å². The molecule has 3 rings (SSSR count). The Labute approximate surface area is 173 Å². The maximum absolute atomic E-state index is 12.6. The Balaban J connectivity index is 1.79. The third kappa shape index (κ3) is 5.06. The lowest BCUT2D eigenvalue weighted by molar-refractivity contribution is 0.101. The monoisotopic (exact) mass is 410 g/mol. The average Bonchev–Trinajstić information content (AvgIpc) is 2.74. The molecule has 0 heterocycles. The van der Waals surface area contributed by atoms with Crippen molar-refractivity contribution < 1.29 is 19.1 Å². The Morgan fingerprint density at radius 3 is 2.17 bits per heavy atom. The molecule has 0 bridgehead atoms. The fourth-order valence-electron chi connectivity index (χ4n) is 2.65. The van der Waals surface area contributed by atoms with Crippen LogP contribution >= 0.6 is 11.6 Å². The lowest BCUT2D eigenvalue weighted by Gasteiger charge is -2.13. The molecule has 29 heavy (non-hydrogen) atoms. The van der Waals surface area contributed by atoms with Crippen molar-refractivity contribution in [1.29, 1.82) is 0 Å². The van der Waals surface area contributed by atoms with Gasteiger partial charge in [-0.05, 0) is 60.7 Å². The molecule has 0 spiro atoms. The molecule has 2 amide bonds. The van der Waals surface area contributed by atoms with E-state index in [1.807, 2.05) is 0 Å². The van der Waals surface area contributed by atoms with E-state index >= 15 is 0 Å². The van der Waals surface area contributed by atoms with E-state index in [0.717, 1.165) is 0 Å². The number of carbonyl (C=O) groups is 2. The lowest BCUT2D eigenvalue weighted by Crippen LogP contribution is -2.14. The topological polar surface area (TPSA) is 76.7 Å². The van der Waals surface area contributed by atoms with Gasteiger partial charge < -0.3 is 20.1 Å². The summed E-state index contributed by atoms with van der Waals surface area (Å²) in [4.78, 5) is 25.0. The molecule has 3 aromatic rings. The van der Waals surface area contributed by atoms with Crippen LogP contribution in [0.1, 0.15) is 20.7 Å². The second kappa shape index (κ2) is 9.12. The molecule has 0 aromatic heterocycles. The average molecular weight is 411 g/mol. The molecule has 0 fully saturated rings. The Kier molecular flexibility index (Phi) is 6.36. The molecule has 0 aliphatic heterocycles. The van der Waals surface area contributed by atoms with Crippen molar-refractivity contribution in [3.05, 3.63) is 82.9 Å². The highest BCUT2D eigenvalue weighted by Crippen LogP contribution is 2.29. The lowest BCUT2D eigenvalue weighted by atomic mass is 10.1. The fraction of sp³-hybridized carbons (Fsp3) is 0.0909. The van der Waals surface area contributed by atoms with Gasteiger partial charge in [0.25, 0.3) is 11.8 Å². The van der Waals surface area contributed by atoms with Crippen LogP contribution in [0.4, 0.5) is 11.4 Å². The first-order chi connectivity index (χ1) is 14.0. The highest BCUT2D eigenvalue weighted by molar-refractivity contribution is 6.31. The van der Waals surface area contributed by atoms with Crippen LogP contribution in [0, 0.1) is 0 Å². The van der Waals surface area contributed by atoms with Gasteiger partial charge in [-0.3, -0.25) is 9.59 Å². The van der Waals surface area contributed by atoms with E-state index in [1.54, 1.807) is 73.8 Å². The van der Waals surface area contributed by atoms with Gasteiger partial charge in [-0.15, -0.1) is 0 Å². The Hall–Kier alpha value is -3.51. The summed E-state index contributed by atoms with van der Waals surface area (Å²) in [6, 6.07) is 18.3. The van der Waals surface area contributed by atoms with Crippen molar-refractivity contribution in [2.45, 2.75) is 0 Å². The summed E-state index contributed by atoms with van der Waals surface area (Å²) in [5.41, 5.74) is 1.82. The van der Waals surface area contributed by atoms with Crippen molar-refractivity contribution in [1.82, 2.24) is 0 Å². The van der Waals surface area contributed by atoms with Crippen molar-refractivity contribution >= 4 is 34.8 Å². The molecular weight excluding hydrogens is 392 g/mol. The van der Waals surface area contributed by atoms with Crippen LogP contribution in [0.2, 0.25) is 5.02 Å². The fourth-order valence-corrected chi connectivity index (χ4v) is 2.84. The number of carbonyl (C=O) groups excluding carboxylic acids is 2. The smallest absolute Gasteiger partial charge is 0.255 e. The van der Waals surface area contributed by atoms with Crippen molar-refractivity contribution in [2.24, 2.45) is 0 Å². The molecule has 0 radical (unpaired) electrons. The summed E-state index contributed by atoms with van der Waals surface area (Å²) >= 11 is 5.94. The number of halogens is 1. The Bertz CT molecular complexity index is 1040. The Morgan fingerprint density at radius 2 is 1.52 bits per heavy atom. The van der Waals surface area contributed by atoms with Gasteiger partial charge in [0, 0.05) is 21.8 Å². The van der Waals surface area contributed by atoms with E-state index < -0.39 is 0 Å². The summed E-state index contributed by atoms with van der Waals surface area (Å²) < 4.78 is 10.4. The maximum Gasteiger partial charge on any atom is 0.255 e. The van der Waals surface area contributed by atoms with E-state index in [1.165, 1.54) is 7.11 Å². The number of methoxy groups -OCH3 is 2. The molecule has 6 nitrogen and oxygen atoms in total. The minimum absolute atomic E-state index is 0.315. The normalized spacial score (nSPS) is 10.2. The van der Waals surface area contributed by atoms with Gasteiger partial charge in [-0.1, -0.05) is 17.7 Å². The highest BCUT2D eigenvalue weighted by Gasteiger charge is 2.13. The molecule has 0 unspecified atom stereocenters. The zero-order valence-electron chi connectivity index (χ0n) is 15.9. The van der Waals surface area contributed by atoms with Gasteiger partial charge >= 0.3 is 0 Å². The van der Waals surface area contributed by atoms with E-state index in [-0.39, 0.29) is 11.8 Å². The first kappa shape index (κ1) is 20.2. The van der Waals surface area contributed by atoms with E-state index in [2.05, 4.69) is 10.6 Å². The number of hydrogen-bond acceptors (Lipinski definition) is 4. The standard InChI is InChI=1S/C22H19ClN2O4/c1-28-18-9-6-14(7-10-18)21(26)25-19-13-17(8-11-20(19)29-2)24-22(27)15-4-3-5-16(23)12-15/h3-13H,1-2H3,(H,24,27)(H,25,26). The molecule has 0 aliphatic carbocycles. The third-order valence-electron chi connectivity index (χ3n) is 4.14. The first-order valence-corrected chi connectivity index (χ1v) is 9.08. The van der Waals surface area contributed by atoms with Crippen LogP contribution < -0.4 is 20.1 Å². The van der Waals surface area contributed by atoms with Crippen molar-refractivity contribution in [3.8, 4) is 11.5 Å². The van der Waals surface area contributed by atoms with Crippen molar-refractivity contribution in [2.75, 3.05) is 24.9 Å². The summed E-state index contributed by atoms with van der Waals surface area (Å²) in [6.45, 7) is 0. The van der Waals surface area contributed by atoms with Crippen LogP contribution in [-0.2, 0) is 0 Å². The maximum atomic E-state index is 12.6. The number of anilines is 2. The predicted molar refractivity (Wildman–Crippen MR) is 113 cm³/mol. The summed E-state index contributed by atoms with van der Waals surface area (Å²) in [5, 5.41) is 6.06. The molecule has 0 saturated heterocycles. The minimum atomic E-state index is -0.315. The third-order valence-corrected chi connectivity index (χ3v) is 4.38. The number of hydrogen-bond donors (Lipinski definition) is 2. The molecular formula is C22H19ClN2O4. The van der Waals surface area contributed by atoms with Crippen molar-refractivity contribution in [3.63, 3.8) is 0 Å². The SMILES string of the molecule is COc1ccc(C(=O)Nc2cc(NC(=O)c3cccc(Cl)c3)ccc2OC)cc1. The molecule has 0 atom stereocenters. The van der Waals surface area contributed by atoms with E-state index in [0.29, 0.717) is 39.0 Å². The van der Waals surface area contributed by atoms with Crippen LogP contribution in [0.3, 0.4) is 0 Å². The largest absolute Gasteiger partial charge is 0.497 e.